The van der Waals surface area contributed by atoms with E-state index in [4.69, 9.17) is 15.5 Å². The normalized spacial score (nSPS) is 9.77. The van der Waals surface area contributed by atoms with Gasteiger partial charge < -0.3 is 5.11 Å². The molecule has 0 fully saturated rings. The summed E-state index contributed by atoms with van der Waals surface area (Å²) < 4.78 is 12.7. The van der Waals surface area contributed by atoms with Crippen molar-refractivity contribution < 1.29 is 24.7 Å². The summed E-state index contributed by atoms with van der Waals surface area (Å²) in [5, 5.41) is 24.9. The molecule has 0 bridgehead atoms. The molecule has 13 heavy (non-hydrogen) atoms. The molecule has 5 nitrogen and oxygen atoms in total. The van der Waals surface area contributed by atoms with Crippen LogP contribution in [0.4, 0.5) is 10.1 Å². The third kappa shape index (κ3) is 1.92. The van der Waals surface area contributed by atoms with Gasteiger partial charge in [-0.15, -0.1) is 5.23 Å². The highest BCUT2D eigenvalue weighted by Gasteiger charge is 2.11. The highest BCUT2D eigenvalue weighted by molar-refractivity contribution is 5.88. The smallest absolute Gasteiger partial charge is 0.335 e. The van der Waals surface area contributed by atoms with Crippen LogP contribution < -0.4 is 5.23 Å². The number of hydrogen-bond donors (Lipinski definition) is 3. The number of nitrogens with zero attached hydrogens (tertiary/aromatic N) is 1. The van der Waals surface area contributed by atoms with E-state index >= 15 is 0 Å². The van der Waals surface area contributed by atoms with Crippen LogP contribution in [0, 0.1) is 5.82 Å². The molecule has 3 N–H and O–H groups in total. The zero-order valence-corrected chi connectivity index (χ0v) is 6.31. The zero-order valence-electron chi connectivity index (χ0n) is 6.31. The molecular weight excluding hydrogens is 181 g/mol. The molecule has 0 radical (unpaired) electrons. The Labute approximate surface area is 72.2 Å². The lowest BCUT2D eigenvalue weighted by molar-refractivity contribution is 0.0272. The predicted molar refractivity (Wildman–Crippen MR) is 39.4 cm³/mol. The lowest BCUT2D eigenvalue weighted by Crippen LogP contribution is -2.13. The molecule has 0 spiro atoms. The first kappa shape index (κ1) is 9.43. The van der Waals surface area contributed by atoms with Gasteiger partial charge in [0.25, 0.3) is 0 Å². The summed E-state index contributed by atoms with van der Waals surface area (Å²) in [7, 11) is 0. The van der Waals surface area contributed by atoms with Crippen molar-refractivity contribution in [2.75, 3.05) is 5.23 Å². The summed E-state index contributed by atoms with van der Waals surface area (Å²) in [5.74, 6) is -2.20. The number of hydrogen-bond acceptors (Lipinski definition) is 4. The third-order valence-corrected chi connectivity index (χ3v) is 1.41. The van der Waals surface area contributed by atoms with Crippen molar-refractivity contribution in [1.29, 1.82) is 0 Å². The van der Waals surface area contributed by atoms with Crippen LogP contribution in [0.25, 0.3) is 0 Å². The quantitative estimate of drug-likeness (QED) is 0.604. The van der Waals surface area contributed by atoms with Gasteiger partial charge in [0.15, 0.2) is 5.82 Å². The lowest BCUT2D eigenvalue weighted by Gasteiger charge is -2.08. The molecule has 0 aliphatic heterocycles. The van der Waals surface area contributed by atoms with Crippen molar-refractivity contribution in [3.8, 4) is 0 Å². The minimum absolute atomic E-state index is 0.232. The maximum absolute atomic E-state index is 12.7. The Bertz CT molecular complexity index is 339. The van der Waals surface area contributed by atoms with E-state index in [1.54, 1.807) is 0 Å². The molecule has 0 atom stereocenters. The zero-order chi connectivity index (χ0) is 10.0. The van der Waals surface area contributed by atoms with Crippen molar-refractivity contribution in [1.82, 2.24) is 0 Å². The third-order valence-electron chi connectivity index (χ3n) is 1.41. The molecule has 1 aromatic carbocycles. The van der Waals surface area contributed by atoms with Crippen LogP contribution in [-0.4, -0.2) is 21.5 Å². The number of carboxylic acid groups (broad SMARTS) is 1. The molecule has 0 heterocycles. The number of rotatable bonds is 2. The topological polar surface area (TPSA) is 81.0 Å². The van der Waals surface area contributed by atoms with Gasteiger partial charge in [-0.2, -0.15) is 0 Å². The summed E-state index contributed by atoms with van der Waals surface area (Å²) in [6.07, 6.45) is 0. The maximum Gasteiger partial charge on any atom is 0.335 e. The van der Waals surface area contributed by atoms with Crippen LogP contribution in [0.1, 0.15) is 10.4 Å². The van der Waals surface area contributed by atoms with Crippen LogP contribution in [0.15, 0.2) is 18.2 Å². The average Bonchev–Trinajstić information content (AvgIpc) is 2.04. The van der Waals surface area contributed by atoms with E-state index < -0.39 is 22.7 Å². The van der Waals surface area contributed by atoms with Crippen LogP contribution in [-0.2, 0) is 0 Å². The van der Waals surface area contributed by atoms with Crippen LogP contribution >= 0.6 is 0 Å². The largest absolute Gasteiger partial charge is 0.478 e. The van der Waals surface area contributed by atoms with Crippen molar-refractivity contribution in [2.45, 2.75) is 0 Å². The van der Waals surface area contributed by atoms with Gasteiger partial charge >= 0.3 is 5.97 Å². The second-order valence-corrected chi connectivity index (χ2v) is 2.26. The van der Waals surface area contributed by atoms with E-state index in [9.17, 15) is 9.18 Å². The molecule has 0 amide bonds. The summed E-state index contributed by atoms with van der Waals surface area (Å²) in [6.45, 7) is 0. The molecule has 6 heteroatoms. The van der Waals surface area contributed by atoms with Gasteiger partial charge in [0, 0.05) is 0 Å². The molecule has 1 rings (SSSR count). The number of benzene rings is 1. The highest BCUT2D eigenvalue weighted by Crippen LogP contribution is 2.18. The summed E-state index contributed by atoms with van der Waals surface area (Å²) in [5.41, 5.74) is -0.843. The van der Waals surface area contributed by atoms with E-state index in [0.29, 0.717) is 0 Å². The number of aromatic carboxylic acids is 1. The fourth-order valence-electron chi connectivity index (χ4n) is 0.799. The number of carbonyl (C=O) groups is 1. The van der Waals surface area contributed by atoms with Gasteiger partial charge in [-0.05, 0) is 18.2 Å². The van der Waals surface area contributed by atoms with E-state index in [1.165, 1.54) is 0 Å². The Kier molecular flexibility index (Phi) is 2.45. The van der Waals surface area contributed by atoms with Crippen LogP contribution in [0.5, 0.6) is 0 Å². The van der Waals surface area contributed by atoms with Gasteiger partial charge in [-0.3, -0.25) is 10.4 Å². The second-order valence-electron chi connectivity index (χ2n) is 2.26. The van der Waals surface area contributed by atoms with Gasteiger partial charge in [-0.25, -0.2) is 9.18 Å². The molecular formula is C7H6FNO4. The Morgan fingerprint density at radius 3 is 2.46 bits per heavy atom. The first-order valence-electron chi connectivity index (χ1n) is 3.23. The fourth-order valence-corrected chi connectivity index (χ4v) is 0.799. The van der Waals surface area contributed by atoms with E-state index in [-0.39, 0.29) is 5.56 Å². The van der Waals surface area contributed by atoms with Gasteiger partial charge in [-0.1, -0.05) is 0 Å². The SMILES string of the molecule is O=C(O)c1ccc(F)c(N(O)O)c1. The molecule has 0 aliphatic carbocycles. The van der Waals surface area contributed by atoms with Crippen molar-refractivity contribution in [3.05, 3.63) is 29.6 Å². The predicted octanol–water partition coefficient (Wildman–Crippen LogP) is 1.11. The Morgan fingerprint density at radius 2 is 2.00 bits per heavy atom. The molecule has 70 valence electrons. The lowest BCUT2D eigenvalue weighted by atomic mass is 10.2. The fraction of sp³-hybridized carbons (Fsp3) is 0. The monoisotopic (exact) mass is 187 g/mol. The van der Waals surface area contributed by atoms with E-state index in [0.717, 1.165) is 18.2 Å². The van der Waals surface area contributed by atoms with Crippen molar-refractivity contribution >= 4 is 11.7 Å². The Hall–Kier alpha value is -1.66. The first-order valence-corrected chi connectivity index (χ1v) is 3.23. The molecule has 0 saturated carbocycles. The minimum atomic E-state index is -1.27. The second kappa shape index (κ2) is 3.38. The highest BCUT2D eigenvalue weighted by atomic mass is 19.1. The molecule has 1 aromatic rings. The van der Waals surface area contributed by atoms with Crippen molar-refractivity contribution in [2.24, 2.45) is 0 Å². The van der Waals surface area contributed by atoms with Gasteiger partial charge in [0.05, 0.1) is 5.56 Å². The standard InChI is InChI=1S/C7H6FNO4/c8-5-2-1-4(7(10)11)3-6(5)9(12)13/h1-3,12-13H,(H,10,11). The van der Waals surface area contributed by atoms with E-state index in [2.05, 4.69) is 0 Å². The van der Waals surface area contributed by atoms with Crippen LogP contribution in [0.3, 0.4) is 0 Å². The molecule has 0 aromatic heterocycles. The van der Waals surface area contributed by atoms with Crippen molar-refractivity contribution in [3.63, 3.8) is 0 Å². The maximum atomic E-state index is 12.7. The summed E-state index contributed by atoms with van der Waals surface area (Å²) in [4.78, 5) is 10.4. The molecule has 0 saturated heterocycles. The van der Waals surface area contributed by atoms with Crippen LogP contribution in [0.2, 0.25) is 0 Å². The Balaban J connectivity index is 3.19. The molecule has 0 aliphatic rings. The van der Waals surface area contributed by atoms with Gasteiger partial charge in [0.2, 0.25) is 0 Å². The molecule has 0 unspecified atom stereocenters. The summed E-state index contributed by atoms with van der Waals surface area (Å²) in [6, 6.07) is 2.65. The number of anilines is 1. The number of halogens is 1. The average molecular weight is 187 g/mol. The number of carboxylic acids is 1. The minimum Gasteiger partial charge on any atom is -0.478 e. The summed E-state index contributed by atoms with van der Waals surface area (Å²) >= 11 is 0. The Morgan fingerprint density at radius 1 is 1.38 bits per heavy atom. The van der Waals surface area contributed by atoms with Gasteiger partial charge in [0.1, 0.15) is 5.69 Å². The first-order chi connectivity index (χ1) is 6.02. The van der Waals surface area contributed by atoms with E-state index in [1.807, 2.05) is 0 Å².